The van der Waals surface area contributed by atoms with Gasteiger partial charge in [-0.25, -0.2) is 4.79 Å². The highest BCUT2D eigenvalue weighted by molar-refractivity contribution is 9.10. The fourth-order valence-corrected chi connectivity index (χ4v) is 5.34. The summed E-state index contributed by atoms with van der Waals surface area (Å²) in [5.74, 6) is -3.11. The van der Waals surface area contributed by atoms with Crippen molar-refractivity contribution in [1.29, 1.82) is 0 Å². The van der Waals surface area contributed by atoms with Crippen LogP contribution in [-0.4, -0.2) is 48.5 Å². The molecule has 230 valence electrons. The predicted molar refractivity (Wildman–Crippen MR) is 166 cm³/mol. The second kappa shape index (κ2) is 15.3. The molecule has 1 saturated heterocycles. The summed E-state index contributed by atoms with van der Waals surface area (Å²) < 4.78 is 17.1. The van der Waals surface area contributed by atoms with Crippen LogP contribution in [0, 0.1) is 5.92 Å². The molecule has 2 amide bonds. The summed E-state index contributed by atoms with van der Waals surface area (Å²) in [6, 6.07) is 20.3. The van der Waals surface area contributed by atoms with E-state index >= 15 is 0 Å². The third-order valence-electron chi connectivity index (χ3n) is 6.69. The van der Waals surface area contributed by atoms with Crippen LogP contribution in [0.15, 0.2) is 77.3 Å². The Labute approximate surface area is 268 Å². The van der Waals surface area contributed by atoms with E-state index < -0.39 is 55.6 Å². The zero-order valence-corrected chi connectivity index (χ0v) is 26.3. The van der Waals surface area contributed by atoms with Crippen molar-refractivity contribution in [3.63, 3.8) is 0 Å². The van der Waals surface area contributed by atoms with Crippen molar-refractivity contribution in [3.8, 4) is 0 Å². The molecular weight excluding hydrogens is 655 g/mol. The molecule has 0 aromatic heterocycles. The number of esters is 1. The zero-order valence-electron chi connectivity index (χ0n) is 24.0. The van der Waals surface area contributed by atoms with Crippen molar-refractivity contribution in [2.75, 3.05) is 6.54 Å². The van der Waals surface area contributed by atoms with Crippen LogP contribution < -0.4 is 10.6 Å². The fraction of sp³-hybridized carbons (Fsp3) is 0.290. The van der Waals surface area contributed by atoms with Crippen molar-refractivity contribution < 1.29 is 38.3 Å². The van der Waals surface area contributed by atoms with Crippen LogP contribution in [0.3, 0.4) is 0 Å². The van der Waals surface area contributed by atoms with E-state index in [1.165, 1.54) is 6.07 Å². The summed E-state index contributed by atoms with van der Waals surface area (Å²) in [6.45, 7) is 3.22. The first-order chi connectivity index (χ1) is 21.0. The van der Waals surface area contributed by atoms with Gasteiger partial charge in [0.2, 0.25) is 5.91 Å². The maximum absolute atomic E-state index is 13.0. The van der Waals surface area contributed by atoms with Gasteiger partial charge in [-0.3, -0.25) is 14.4 Å². The summed E-state index contributed by atoms with van der Waals surface area (Å²) in [7, 11) is -1.00. The largest absolute Gasteiger partial charge is 0.552 e. The number of rotatable bonds is 12. The third kappa shape index (κ3) is 8.69. The van der Waals surface area contributed by atoms with Gasteiger partial charge >= 0.3 is 19.1 Å². The summed E-state index contributed by atoms with van der Waals surface area (Å²) in [5.41, 5.74) is 1.38. The molecule has 13 heteroatoms. The summed E-state index contributed by atoms with van der Waals surface area (Å²) in [6.07, 6.45) is -1.93. The average molecular weight is 686 g/mol. The third-order valence-corrected chi connectivity index (χ3v) is 7.60. The van der Waals surface area contributed by atoms with Crippen LogP contribution >= 0.6 is 27.5 Å². The number of aliphatic hydroxyl groups is 1. The zero-order chi connectivity index (χ0) is 31.8. The second-order valence-corrected chi connectivity index (χ2v) is 11.9. The maximum atomic E-state index is 13.0. The van der Waals surface area contributed by atoms with E-state index in [4.69, 9.17) is 25.6 Å². The van der Waals surface area contributed by atoms with Crippen LogP contribution in [-0.2, 0) is 35.0 Å². The topological polar surface area (TPSA) is 140 Å². The van der Waals surface area contributed by atoms with E-state index in [0.29, 0.717) is 27.6 Å². The number of ether oxygens (including phenoxy) is 1. The molecule has 2 unspecified atom stereocenters. The highest BCUT2D eigenvalue weighted by atomic mass is 79.9. The Balaban J connectivity index is 1.35. The number of hydrogen-bond donors (Lipinski definition) is 3. The lowest BCUT2D eigenvalue weighted by Gasteiger charge is -2.21. The van der Waals surface area contributed by atoms with Gasteiger partial charge < -0.3 is 29.8 Å². The van der Waals surface area contributed by atoms with E-state index in [0.717, 1.165) is 0 Å². The van der Waals surface area contributed by atoms with Crippen LogP contribution in [0.1, 0.15) is 59.5 Å². The Morgan fingerprint density at radius 1 is 1.07 bits per heavy atom. The van der Waals surface area contributed by atoms with Crippen molar-refractivity contribution in [2.45, 2.75) is 45.0 Å². The van der Waals surface area contributed by atoms with Crippen molar-refractivity contribution in [3.05, 3.63) is 105 Å². The van der Waals surface area contributed by atoms with Gasteiger partial charge in [0.15, 0.2) is 12.2 Å². The minimum absolute atomic E-state index is 0.0176. The lowest BCUT2D eigenvalue weighted by atomic mass is 9.74. The van der Waals surface area contributed by atoms with Gasteiger partial charge in [0, 0.05) is 10.0 Å². The molecule has 0 aliphatic carbocycles. The van der Waals surface area contributed by atoms with Crippen LogP contribution in [0.2, 0.25) is 5.02 Å². The molecule has 3 aromatic carbocycles. The lowest BCUT2D eigenvalue weighted by Crippen LogP contribution is -2.50. The van der Waals surface area contributed by atoms with Gasteiger partial charge in [0.1, 0.15) is 6.61 Å². The molecule has 1 aliphatic rings. The van der Waals surface area contributed by atoms with Gasteiger partial charge in [-0.15, -0.1) is 0 Å². The molecule has 1 fully saturated rings. The molecule has 3 aromatic rings. The monoisotopic (exact) mass is 684 g/mol. The Morgan fingerprint density at radius 3 is 2.39 bits per heavy atom. The molecule has 4 rings (SSSR count). The Morgan fingerprint density at radius 2 is 1.73 bits per heavy atom. The number of carbonyl (C=O) groups excluding carboxylic acids is 4. The van der Waals surface area contributed by atoms with E-state index in [1.807, 2.05) is 19.9 Å². The molecule has 3 N–H and O–H groups in total. The summed E-state index contributed by atoms with van der Waals surface area (Å²) in [4.78, 5) is 50.8. The second-order valence-electron chi connectivity index (χ2n) is 10.6. The van der Waals surface area contributed by atoms with Crippen LogP contribution in [0.5, 0.6) is 0 Å². The predicted octanol–water partition coefficient (Wildman–Crippen LogP) is 4.48. The molecule has 0 spiro atoms. The number of nitrogens with one attached hydrogen (secondary N) is 2. The molecule has 44 heavy (non-hydrogen) atoms. The normalized spacial score (nSPS) is 15.8. The van der Waals surface area contributed by atoms with Crippen molar-refractivity contribution in [2.24, 2.45) is 5.92 Å². The first kappa shape index (κ1) is 33.2. The number of hydrogen-bond acceptors (Lipinski definition) is 8. The lowest BCUT2D eigenvalue weighted by molar-refractivity contribution is -0.155. The molecule has 0 saturated carbocycles. The van der Waals surface area contributed by atoms with Crippen molar-refractivity contribution in [1.82, 2.24) is 10.6 Å². The fourth-order valence-electron chi connectivity index (χ4n) is 4.59. The molecule has 1 aliphatic heterocycles. The van der Waals surface area contributed by atoms with E-state index in [9.17, 15) is 24.3 Å². The first-order valence-electron chi connectivity index (χ1n) is 13.9. The molecule has 3 atom stereocenters. The standard InChI is InChI=1S/C31H31BBrClN2O8/c1-18(2)13-24(32-43-28(31(41)44-32)20-11-7-4-8-12-20)36-25(37)16-35-29(39)23-15-22(33)14-21(26(23)34)17-42-30(40)27(38)19-9-5-3-6-10-19/h3-12,14-15,18,24,27-28,38H,13,16-17H2,1-2H3,(H,35,39)(H,36,37)/t24-,27?,28?/m0/s1. The summed E-state index contributed by atoms with van der Waals surface area (Å²) >= 11 is 9.80. The van der Waals surface area contributed by atoms with Gasteiger partial charge in [-0.05, 0) is 35.6 Å². The van der Waals surface area contributed by atoms with Gasteiger partial charge in [-0.2, -0.15) is 0 Å². The number of aliphatic hydroxyl groups excluding tert-OH is 1. The average Bonchev–Trinajstić information content (AvgIpc) is 3.41. The minimum Gasteiger partial charge on any atom is -0.506 e. The highest BCUT2D eigenvalue weighted by Crippen LogP contribution is 2.29. The minimum atomic E-state index is -1.48. The number of benzene rings is 3. The summed E-state index contributed by atoms with van der Waals surface area (Å²) in [5, 5.41) is 15.6. The Kier molecular flexibility index (Phi) is 11.6. The molecule has 10 nitrogen and oxygen atoms in total. The quantitative estimate of drug-likeness (QED) is 0.187. The van der Waals surface area contributed by atoms with Gasteiger partial charge in [-0.1, -0.05) is 102 Å². The van der Waals surface area contributed by atoms with Crippen LogP contribution in [0.4, 0.5) is 0 Å². The van der Waals surface area contributed by atoms with Crippen LogP contribution in [0.25, 0.3) is 0 Å². The Hall–Kier alpha value is -3.71. The van der Waals surface area contributed by atoms with Crippen molar-refractivity contribution >= 4 is 58.4 Å². The maximum Gasteiger partial charge on any atom is 0.552 e. The van der Waals surface area contributed by atoms with E-state index in [1.54, 1.807) is 60.7 Å². The van der Waals surface area contributed by atoms with E-state index in [2.05, 4.69) is 26.6 Å². The smallest absolute Gasteiger partial charge is 0.506 e. The molecule has 0 bridgehead atoms. The molecular formula is C31H31BBrClN2O8. The van der Waals surface area contributed by atoms with E-state index in [-0.39, 0.29) is 23.1 Å². The van der Waals surface area contributed by atoms with Gasteiger partial charge in [0.05, 0.1) is 23.1 Å². The Bertz CT molecular complexity index is 1490. The molecule has 1 heterocycles. The SMILES string of the molecule is CC(C)C[C@H](NC(=O)CNC(=O)c1cc(Br)cc(COC(=O)C(O)c2ccccc2)c1Cl)B1OC(=O)C(c2ccccc2)O1. The highest BCUT2D eigenvalue weighted by Gasteiger charge is 2.46. The number of amides is 2. The first-order valence-corrected chi connectivity index (χ1v) is 15.1. The number of carbonyl (C=O) groups is 4. The molecule has 0 radical (unpaired) electrons. The van der Waals surface area contributed by atoms with Gasteiger partial charge in [0.25, 0.3) is 5.91 Å². The number of halogens is 2.